The molecule has 4 aromatic rings. The number of pyridine rings is 1. The quantitative estimate of drug-likeness (QED) is 0.335. The molecule has 0 spiro atoms. The van der Waals surface area contributed by atoms with Gasteiger partial charge in [-0.05, 0) is 45.5 Å². The van der Waals surface area contributed by atoms with Gasteiger partial charge in [0, 0.05) is 17.7 Å². The maximum absolute atomic E-state index is 2.53. The summed E-state index contributed by atoms with van der Waals surface area (Å²) in [7, 11) is 0. The third-order valence-corrected chi connectivity index (χ3v) is 6.29. The van der Waals surface area contributed by atoms with Gasteiger partial charge < -0.3 is 0 Å². The zero-order valence-corrected chi connectivity index (χ0v) is 15.8. The molecular weight excluding hydrogens is 326 g/mol. The summed E-state index contributed by atoms with van der Waals surface area (Å²) in [6.07, 6.45) is 2.07. The van der Waals surface area contributed by atoms with E-state index in [0.717, 1.165) is 12.8 Å². The van der Waals surface area contributed by atoms with Crippen LogP contribution in [0.25, 0.3) is 27.6 Å². The van der Waals surface area contributed by atoms with Crippen LogP contribution >= 0.6 is 0 Å². The van der Waals surface area contributed by atoms with Crippen LogP contribution in [-0.2, 0) is 12.8 Å². The van der Waals surface area contributed by atoms with E-state index in [0.29, 0.717) is 5.92 Å². The van der Waals surface area contributed by atoms with Crippen molar-refractivity contribution in [1.29, 1.82) is 0 Å². The summed E-state index contributed by atoms with van der Waals surface area (Å²) in [6, 6.07) is 24.9. The zero-order chi connectivity index (χ0) is 18.1. The van der Waals surface area contributed by atoms with Gasteiger partial charge in [-0.1, -0.05) is 56.3 Å². The Labute approximate surface area is 159 Å². The third-order valence-electron chi connectivity index (χ3n) is 6.29. The fraction of sp³-hybridized carbons (Fsp3) is 0.192. The topological polar surface area (TPSA) is 3.88 Å². The number of hydrogen-bond donors (Lipinski definition) is 0. The Balaban J connectivity index is 1.69. The predicted molar refractivity (Wildman–Crippen MR) is 111 cm³/mol. The van der Waals surface area contributed by atoms with Crippen molar-refractivity contribution < 1.29 is 4.57 Å². The summed E-state index contributed by atoms with van der Waals surface area (Å²) in [5.41, 5.74) is 11.6. The van der Waals surface area contributed by atoms with Crippen LogP contribution in [0.5, 0.6) is 0 Å². The standard InChI is InChI=1S/C26H22N/c1-16(2)25-21-9-5-3-7-17(21)13-19-15-24-22(26(19)25)12-11-20-14-18-8-4-6-10-23(18)27(20)24/h3-13,16H,14-15H2,1-2H3/q+1. The maximum Gasteiger partial charge on any atom is 0.214 e. The van der Waals surface area contributed by atoms with Crippen molar-refractivity contribution in [1.82, 2.24) is 0 Å². The Morgan fingerprint density at radius 2 is 1.63 bits per heavy atom. The number of rotatable bonds is 1. The van der Waals surface area contributed by atoms with Gasteiger partial charge in [-0.15, -0.1) is 0 Å². The molecule has 1 aliphatic heterocycles. The number of benzene rings is 3. The lowest BCUT2D eigenvalue weighted by molar-refractivity contribution is -0.604. The molecule has 2 heterocycles. The van der Waals surface area contributed by atoms with Gasteiger partial charge in [0.05, 0.1) is 18.4 Å². The molecule has 0 saturated carbocycles. The SMILES string of the molecule is CC(C)c1c2c(cc3ccccc13)Cc1c-2ccc2[n+]1-c1ccccc1C2. The van der Waals surface area contributed by atoms with Crippen LogP contribution in [0.15, 0.2) is 66.7 Å². The van der Waals surface area contributed by atoms with Crippen molar-refractivity contribution in [2.24, 2.45) is 0 Å². The van der Waals surface area contributed by atoms with Gasteiger partial charge >= 0.3 is 0 Å². The van der Waals surface area contributed by atoms with Crippen LogP contribution in [-0.4, -0.2) is 0 Å². The molecule has 2 aliphatic rings. The molecule has 0 amide bonds. The Morgan fingerprint density at radius 1 is 0.815 bits per heavy atom. The van der Waals surface area contributed by atoms with Gasteiger partial charge in [-0.2, -0.15) is 4.57 Å². The zero-order valence-electron chi connectivity index (χ0n) is 15.8. The lowest BCUT2D eigenvalue weighted by Gasteiger charge is -2.16. The first-order chi connectivity index (χ1) is 13.2. The van der Waals surface area contributed by atoms with E-state index in [1.807, 2.05) is 0 Å². The van der Waals surface area contributed by atoms with E-state index < -0.39 is 0 Å². The number of nitrogens with zero attached hydrogens (tertiary/aromatic N) is 1. The summed E-state index contributed by atoms with van der Waals surface area (Å²) in [5, 5.41) is 2.78. The molecular formula is C26H22N+. The van der Waals surface area contributed by atoms with Crippen molar-refractivity contribution in [2.45, 2.75) is 32.6 Å². The summed E-state index contributed by atoms with van der Waals surface area (Å²) in [6.45, 7) is 4.66. The van der Waals surface area contributed by atoms with Gasteiger partial charge in [0.25, 0.3) is 0 Å². The van der Waals surface area contributed by atoms with Crippen LogP contribution in [0.2, 0.25) is 0 Å². The lowest BCUT2D eigenvalue weighted by atomic mass is 9.87. The Kier molecular flexibility index (Phi) is 2.97. The molecule has 27 heavy (non-hydrogen) atoms. The number of aromatic nitrogens is 1. The van der Waals surface area contributed by atoms with Crippen molar-refractivity contribution in [3.63, 3.8) is 0 Å². The lowest BCUT2D eigenvalue weighted by Crippen LogP contribution is -2.36. The van der Waals surface area contributed by atoms with Crippen molar-refractivity contribution >= 4 is 10.8 Å². The number of hydrogen-bond acceptors (Lipinski definition) is 0. The van der Waals surface area contributed by atoms with Crippen LogP contribution in [0.4, 0.5) is 0 Å². The Morgan fingerprint density at radius 3 is 2.52 bits per heavy atom. The van der Waals surface area contributed by atoms with Crippen LogP contribution in [0.3, 0.4) is 0 Å². The minimum Gasteiger partial charge on any atom is -0.160 e. The largest absolute Gasteiger partial charge is 0.214 e. The molecule has 0 saturated heterocycles. The normalized spacial score (nSPS) is 13.6. The van der Waals surface area contributed by atoms with E-state index in [1.54, 1.807) is 0 Å². The first kappa shape index (κ1) is 15.2. The molecule has 1 heteroatoms. The minimum atomic E-state index is 0.501. The first-order valence-electron chi connectivity index (χ1n) is 9.92. The molecule has 0 bridgehead atoms. The van der Waals surface area contributed by atoms with E-state index >= 15 is 0 Å². The highest BCUT2D eigenvalue weighted by atomic mass is 15.0. The van der Waals surface area contributed by atoms with Gasteiger partial charge in [0.2, 0.25) is 5.69 Å². The molecule has 1 nitrogen and oxygen atoms in total. The summed E-state index contributed by atoms with van der Waals surface area (Å²) in [5.74, 6) is 0.501. The van der Waals surface area contributed by atoms with Gasteiger partial charge in [0.15, 0.2) is 11.4 Å². The summed E-state index contributed by atoms with van der Waals surface area (Å²) in [4.78, 5) is 0. The molecule has 0 N–H and O–H groups in total. The average molecular weight is 348 g/mol. The van der Waals surface area contributed by atoms with Crippen LogP contribution in [0.1, 0.15) is 47.8 Å². The second-order valence-electron chi connectivity index (χ2n) is 8.20. The highest BCUT2D eigenvalue weighted by Crippen LogP contribution is 2.44. The minimum absolute atomic E-state index is 0.501. The summed E-state index contributed by atoms with van der Waals surface area (Å²) >= 11 is 0. The second kappa shape index (κ2) is 5.29. The van der Waals surface area contributed by atoms with Gasteiger partial charge in [-0.25, -0.2) is 0 Å². The molecule has 0 atom stereocenters. The molecule has 0 fully saturated rings. The van der Waals surface area contributed by atoms with E-state index in [2.05, 4.69) is 85.1 Å². The van der Waals surface area contributed by atoms with Crippen LogP contribution < -0.4 is 4.57 Å². The fourth-order valence-corrected chi connectivity index (χ4v) is 5.23. The monoisotopic (exact) mass is 348 g/mol. The highest BCUT2D eigenvalue weighted by molar-refractivity contribution is 5.96. The van der Waals surface area contributed by atoms with Gasteiger partial charge in [-0.3, -0.25) is 0 Å². The predicted octanol–water partition coefficient (Wildman–Crippen LogP) is 5.72. The molecule has 1 aromatic heterocycles. The summed E-state index contributed by atoms with van der Waals surface area (Å²) < 4.78 is 2.53. The van der Waals surface area contributed by atoms with E-state index in [1.165, 1.54) is 55.7 Å². The van der Waals surface area contributed by atoms with E-state index in [9.17, 15) is 0 Å². The fourth-order valence-electron chi connectivity index (χ4n) is 5.23. The first-order valence-corrected chi connectivity index (χ1v) is 9.92. The van der Waals surface area contributed by atoms with E-state index in [-0.39, 0.29) is 0 Å². The van der Waals surface area contributed by atoms with Crippen molar-refractivity contribution in [3.8, 4) is 16.8 Å². The second-order valence-corrected chi connectivity index (χ2v) is 8.20. The van der Waals surface area contributed by atoms with Gasteiger partial charge in [0.1, 0.15) is 0 Å². The highest BCUT2D eigenvalue weighted by Gasteiger charge is 2.37. The Hall–Kier alpha value is -2.93. The molecule has 1 aliphatic carbocycles. The number of para-hydroxylation sites is 1. The maximum atomic E-state index is 2.53. The van der Waals surface area contributed by atoms with Crippen molar-refractivity contribution in [2.75, 3.05) is 0 Å². The molecule has 0 radical (unpaired) electrons. The third kappa shape index (κ3) is 1.97. The van der Waals surface area contributed by atoms with E-state index in [4.69, 9.17) is 0 Å². The number of fused-ring (bicyclic) bond motifs is 8. The molecule has 3 aromatic carbocycles. The van der Waals surface area contributed by atoms with Crippen LogP contribution in [0, 0.1) is 0 Å². The average Bonchev–Trinajstić information content (AvgIpc) is 3.23. The molecule has 0 unspecified atom stereocenters. The Bertz CT molecular complexity index is 1250. The smallest absolute Gasteiger partial charge is 0.160 e. The molecule has 6 rings (SSSR count). The molecule has 130 valence electrons. The van der Waals surface area contributed by atoms with Crippen molar-refractivity contribution in [3.05, 3.63) is 94.8 Å².